The van der Waals surface area contributed by atoms with Crippen molar-refractivity contribution in [1.82, 2.24) is 9.80 Å². The lowest BCUT2D eigenvalue weighted by molar-refractivity contribution is -0.171. The van der Waals surface area contributed by atoms with Crippen molar-refractivity contribution in [2.75, 3.05) is 45.9 Å². The van der Waals surface area contributed by atoms with Gasteiger partial charge in [0, 0.05) is 32.7 Å². The fourth-order valence-electron chi connectivity index (χ4n) is 3.17. The first-order chi connectivity index (χ1) is 10.0. The molecule has 5 nitrogen and oxygen atoms in total. The van der Waals surface area contributed by atoms with Gasteiger partial charge in [-0.25, -0.2) is 0 Å². The molecule has 0 unspecified atom stereocenters. The van der Waals surface area contributed by atoms with Gasteiger partial charge in [-0.3, -0.25) is 4.79 Å². The maximum Gasteiger partial charge on any atom is 0.248 e. The topological polar surface area (TPSA) is 42.0 Å². The maximum absolute atomic E-state index is 11.9. The van der Waals surface area contributed by atoms with Gasteiger partial charge in [0.2, 0.25) is 5.91 Å². The Labute approximate surface area is 128 Å². The fraction of sp³-hybridized carbons (Fsp3) is 0.938. The normalized spacial score (nSPS) is 23.2. The molecule has 0 N–H and O–H groups in total. The van der Waals surface area contributed by atoms with E-state index < -0.39 is 0 Å². The van der Waals surface area contributed by atoms with Crippen LogP contribution in [0.1, 0.15) is 40.0 Å². The molecule has 2 rings (SSSR count). The van der Waals surface area contributed by atoms with E-state index in [-0.39, 0.29) is 18.1 Å². The summed E-state index contributed by atoms with van der Waals surface area (Å²) in [7, 11) is 0. The van der Waals surface area contributed by atoms with Crippen LogP contribution in [0.25, 0.3) is 0 Å². The van der Waals surface area contributed by atoms with Crippen molar-refractivity contribution in [3.05, 3.63) is 0 Å². The second kappa shape index (κ2) is 7.56. The van der Waals surface area contributed by atoms with E-state index in [9.17, 15) is 4.79 Å². The lowest BCUT2D eigenvalue weighted by Crippen LogP contribution is -2.59. The minimum Gasteiger partial charge on any atom is -0.377 e. The highest BCUT2D eigenvalue weighted by Gasteiger charge is 2.41. The number of ether oxygens (including phenoxy) is 2. The van der Waals surface area contributed by atoms with Crippen LogP contribution >= 0.6 is 0 Å². The van der Waals surface area contributed by atoms with Crippen LogP contribution < -0.4 is 0 Å². The zero-order valence-electron chi connectivity index (χ0n) is 13.8. The minimum absolute atomic E-state index is 0.0987. The number of rotatable bonds is 6. The molecule has 0 aromatic rings. The molecule has 0 saturated carbocycles. The van der Waals surface area contributed by atoms with E-state index >= 15 is 0 Å². The standard InChI is InChI=1S/C16H30N2O3/c1-4-7-18-13-16(21-12-15(18)19)5-8-17(9-6-16)10-11-20-14(2)3/h14H,4-13H2,1-3H3. The van der Waals surface area contributed by atoms with Crippen molar-refractivity contribution in [2.24, 2.45) is 0 Å². The Balaban J connectivity index is 1.78. The van der Waals surface area contributed by atoms with Crippen molar-refractivity contribution in [3.63, 3.8) is 0 Å². The lowest BCUT2D eigenvalue weighted by Gasteiger charge is -2.47. The molecule has 5 heteroatoms. The molecule has 0 aliphatic carbocycles. The predicted octanol–water partition coefficient (Wildman–Crippen LogP) is 1.51. The molecule has 122 valence electrons. The van der Waals surface area contributed by atoms with Crippen molar-refractivity contribution >= 4 is 5.91 Å². The van der Waals surface area contributed by atoms with Gasteiger partial charge < -0.3 is 19.3 Å². The first kappa shape index (κ1) is 16.7. The summed E-state index contributed by atoms with van der Waals surface area (Å²) in [5.74, 6) is 0.148. The van der Waals surface area contributed by atoms with Crippen molar-refractivity contribution in [2.45, 2.75) is 51.7 Å². The average Bonchev–Trinajstić information content (AvgIpc) is 2.45. The first-order valence-corrected chi connectivity index (χ1v) is 8.30. The Bertz CT molecular complexity index is 338. The number of morpholine rings is 1. The Hall–Kier alpha value is -0.650. The number of hydrogen-bond acceptors (Lipinski definition) is 4. The highest BCUT2D eigenvalue weighted by molar-refractivity contribution is 5.78. The monoisotopic (exact) mass is 298 g/mol. The van der Waals surface area contributed by atoms with Crippen LogP contribution in [0.5, 0.6) is 0 Å². The van der Waals surface area contributed by atoms with Crippen LogP contribution in [0.15, 0.2) is 0 Å². The molecule has 1 amide bonds. The maximum atomic E-state index is 11.9. The average molecular weight is 298 g/mol. The number of hydrogen-bond donors (Lipinski definition) is 0. The predicted molar refractivity (Wildman–Crippen MR) is 82.3 cm³/mol. The molecule has 0 aromatic heterocycles. The summed E-state index contributed by atoms with van der Waals surface area (Å²) < 4.78 is 11.6. The number of amides is 1. The summed E-state index contributed by atoms with van der Waals surface area (Å²) in [6.45, 7) is 12.0. The minimum atomic E-state index is -0.0987. The van der Waals surface area contributed by atoms with Gasteiger partial charge in [-0.2, -0.15) is 0 Å². The number of nitrogens with zero attached hydrogens (tertiary/aromatic N) is 2. The summed E-state index contributed by atoms with van der Waals surface area (Å²) in [6.07, 6.45) is 3.35. The van der Waals surface area contributed by atoms with Crippen LogP contribution in [0.2, 0.25) is 0 Å². The molecule has 2 fully saturated rings. The molecular formula is C16H30N2O3. The quantitative estimate of drug-likeness (QED) is 0.745. The summed E-state index contributed by atoms with van der Waals surface area (Å²) >= 11 is 0. The van der Waals surface area contributed by atoms with E-state index in [1.165, 1.54) is 0 Å². The third-order valence-corrected chi connectivity index (χ3v) is 4.45. The van der Waals surface area contributed by atoms with Crippen LogP contribution in [0, 0.1) is 0 Å². The van der Waals surface area contributed by atoms with E-state index in [2.05, 4.69) is 25.7 Å². The van der Waals surface area contributed by atoms with Gasteiger partial charge in [-0.05, 0) is 33.1 Å². The highest BCUT2D eigenvalue weighted by Crippen LogP contribution is 2.30. The lowest BCUT2D eigenvalue weighted by atomic mass is 9.89. The zero-order chi connectivity index (χ0) is 15.3. The number of carbonyl (C=O) groups excluding carboxylic acids is 1. The zero-order valence-corrected chi connectivity index (χ0v) is 13.8. The molecule has 1 spiro atoms. The van der Waals surface area contributed by atoms with Crippen LogP contribution in [0.4, 0.5) is 0 Å². The van der Waals surface area contributed by atoms with Gasteiger partial charge in [0.15, 0.2) is 0 Å². The molecule has 21 heavy (non-hydrogen) atoms. The second-order valence-corrected chi connectivity index (χ2v) is 6.55. The van der Waals surface area contributed by atoms with E-state index in [0.29, 0.717) is 6.10 Å². The summed E-state index contributed by atoms with van der Waals surface area (Å²) in [4.78, 5) is 16.3. The van der Waals surface area contributed by atoms with Gasteiger partial charge in [0.1, 0.15) is 6.61 Å². The smallest absolute Gasteiger partial charge is 0.248 e. The summed E-state index contributed by atoms with van der Waals surface area (Å²) in [5, 5.41) is 0. The third kappa shape index (κ3) is 4.66. The molecule has 0 aromatic carbocycles. The molecule has 2 saturated heterocycles. The van der Waals surface area contributed by atoms with E-state index in [1.54, 1.807) is 0 Å². The van der Waals surface area contributed by atoms with Crippen LogP contribution in [0.3, 0.4) is 0 Å². The van der Waals surface area contributed by atoms with Crippen molar-refractivity contribution in [1.29, 1.82) is 0 Å². The van der Waals surface area contributed by atoms with E-state index in [0.717, 1.165) is 58.6 Å². The summed E-state index contributed by atoms with van der Waals surface area (Å²) in [6, 6.07) is 0. The fourth-order valence-corrected chi connectivity index (χ4v) is 3.17. The Morgan fingerprint density at radius 2 is 2.00 bits per heavy atom. The first-order valence-electron chi connectivity index (χ1n) is 8.30. The molecule has 2 heterocycles. The van der Waals surface area contributed by atoms with E-state index in [1.807, 2.05) is 4.90 Å². The molecule has 2 aliphatic rings. The number of piperidine rings is 1. The highest BCUT2D eigenvalue weighted by atomic mass is 16.5. The van der Waals surface area contributed by atoms with Crippen molar-refractivity contribution in [3.8, 4) is 0 Å². The number of likely N-dealkylation sites (tertiary alicyclic amines) is 1. The van der Waals surface area contributed by atoms with Crippen LogP contribution in [-0.2, 0) is 14.3 Å². The second-order valence-electron chi connectivity index (χ2n) is 6.55. The molecule has 0 atom stereocenters. The van der Waals surface area contributed by atoms with Gasteiger partial charge in [-0.1, -0.05) is 6.92 Å². The summed E-state index contributed by atoms with van der Waals surface area (Å²) in [5.41, 5.74) is -0.0987. The van der Waals surface area contributed by atoms with Gasteiger partial charge in [0.05, 0.1) is 18.3 Å². The van der Waals surface area contributed by atoms with Crippen LogP contribution in [-0.4, -0.2) is 73.3 Å². The third-order valence-electron chi connectivity index (χ3n) is 4.45. The Morgan fingerprint density at radius 1 is 1.29 bits per heavy atom. The Kier molecular flexibility index (Phi) is 6.02. The molecule has 2 aliphatic heterocycles. The van der Waals surface area contributed by atoms with Gasteiger partial charge in [0.25, 0.3) is 0 Å². The largest absolute Gasteiger partial charge is 0.377 e. The molecular weight excluding hydrogens is 268 g/mol. The molecule has 0 bridgehead atoms. The number of carbonyl (C=O) groups is 1. The van der Waals surface area contributed by atoms with Gasteiger partial charge in [-0.15, -0.1) is 0 Å². The SMILES string of the molecule is CCCN1CC2(CCN(CCOC(C)C)CC2)OCC1=O. The van der Waals surface area contributed by atoms with E-state index in [4.69, 9.17) is 9.47 Å². The Morgan fingerprint density at radius 3 is 2.62 bits per heavy atom. The van der Waals surface area contributed by atoms with Gasteiger partial charge >= 0.3 is 0 Å². The molecule has 0 radical (unpaired) electrons. The van der Waals surface area contributed by atoms with Crippen molar-refractivity contribution < 1.29 is 14.3 Å².